The number of rotatable bonds is 5. The van der Waals surface area contributed by atoms with Gasteiger partial charge in [0, 0.05) is 13.1 Å². The molecule has 0 radical (unpaired) electrons. The quantitative estimate of drug-likeness (QED) is 0.835. The van der Waals surface area contributed by atoms with E-state index in [1.54, 1.807) is 0 Å². The van der Waals surface area contributed by atoms with Crippen LogP contribution in [0.3, 0.4) is 0 Å². The van der Waals surface area contributed by atoms with Gasteiger partial charge in [0.25, 0.3) is 0 Å². The summed E-state index contributed by atoms with van der Waals surface area (Å²) in [4.78, 5) is 14.9. The lowest BCUT2D eigenvalue weighted by Gasteiger charge is -2.19. The van der Waals surface area contributed by atoms with Gasteiger partial charge < -0.3 is 4.90 Å². The Morgan fingerprint density at radius 3 is 2.73 bits per heavy atom. The van der Waals surface area contributed by atoms with E-state index in [1.165, 1.54) is 42.6 Å². The molecule has 1 aromatic carbocycles. The van der Waals surface area contributed by atoms with Gasteiger partial charge in [-0.1, -0.05) is 43.6 Å². The molecular formula is C18H26N2OS. The third-order valence-electron chi connectivity index (χ3n) is 4.51. The molecule has 0 unspecified atom stereocenters. The Morgan fingerprint density at radius 2 is 2.00 bits per heavy atom. The van der Waals surface area contributed by atoms with Crippen molar-refractivity contribution in [1.82, 2.24) is 9.47 Å². The van der Waals surface area contributed by atoms with E-state index in [2.05, 4.69) is 17.9 Å². The van der Waals surface area contributed by atoms with Crippen molar-refractivity contribution in [2.45, 2.75) is 52.0 Å². The minimum absolute atomic E-state index is 0.0805. The fraction of sp³-hybridized carbons (Fsp3) is 0.611. The zero-order valence-corrected chi connectivity index (χ0v) is 14.3. The molecule has 22 heavy (non-hydrogen) atoms. The Labute approximate surface area is 138 Å². The minimum atomic E-state index is 0.0805. The highest BCUT2D eigenvalue weighted by atomic mass is 32.1. The third-order valence-corrected chi connectivity index (χ3v) is 5.44. The number of fused-ring (bicyclic) bond motifs is 1. The standard InChI is InChI=1S/C18H26N2OS/c1-2-7-15-8-9-16-17(14-15)22-18(21)20(16)13-12-19-10-5-3-4-6-11-19/h8-9,14H,2-7,10-13H2,1H3/i9T. The van der Waals surface area contributed by atoms with Gasteiger partial charge in [0.2, 0.25) is 0 Å². The number of likely N-dealkylation sites (tertiary alicyclic amines) is 1. The van der Waals surface area contributed by atoms with Crippen LogP contribution >= 0.6 is 11.3 Å². The van der Waals surface area contributed by atoms with Crippen molar-refractivity contribution in [3.63, 3.8) is 0 Å². The maximum atomic E-state index is 12.4. The highest BCUT2D eigenvalue weighted by Gasteiger charge is 2.12. The Bertz CT molecular complexity index is 714. The molecule has 120 valence electrons. The van der Waals surface area contributed by atoms with Crippen molar-refractivity contribution < 1.29 is 1.37 Å². The van der Waals surface area contributed by atoms with E-state index in [-0.39, 0.29) is 4.87 Å². The second-order valence-electron chi connectivity index (χ2n) is 6.25. The van der Waals surface area contributed by atoms with Crippen molar-refractivity contribution in [3.8, 4) is 0 Å². The molecule has 0 spiro atoms. The predicted molar refractivity (Wildman–Crippen MR) is 95.0 cm³/mol. The van der Waals surface area contributed by atoms with Crippen LogP contribution in [-0.4, -0.2) is 29.1 Å². The molecule has 1 aliphatic heterocycles. The summed E-state index contributed by atoms with van der Waals surface area (Å²) in [6.45, 7) is 6.05. The molecular weight excluding hydrogens is 292 g/mol. The summed E-state index contributed by atoms with van der Waals surface area (Å²) in [7, 11) is 0. The summed E-state index contributed by atoms with van der Waals surface area (Å²) < 4.78 is 11.1. The van der Waals surface area contributed by atoms with Gasteiger partial charge in [0.05, 0.1) is 11.6 Å². The first kappa shape index (κ1) is 14.5. The molecule has 3 rings (SSSR count). The van der Waals surface area contributed by atoms with Crippen molar-refractivity contribution in [3.05, 3.63) is 33.4 Å². The molecule has 2 aromatic rings. The van der Waals surface area contributed by atoms with Crippen molar-refractivity contribution in [1.29, 1.82) is 0 Å². The smallest absolute Gasteiger partial charge is 0.302 e. The van der Waals surface area contributed by atoms with Crippen molar-refractivity contribution >= 4 is 21.6 Å². The van der Waals surface area contributed by atoms with Gasteiger partial charge in [-0.25, -0.2) is 0 Å². The van der Waals surface area contributed by atoms with Crippen LogP contribution < -0.4 is 4.87 Å². The first-order chi connectivity index (χ1) is 11.2. The summed E-state index contributed by atoms with van der Waals surface area (Å²) in [6, 6.07) is 4.53. The number of thiazole rings is 1. The minimum Gasteiger partial charge on any atom is -0.302 e. The average molecular weight is 320 g/mol. The number of aryl methyl sites for hydroxylation is 1. The van der Waals surface area contributed by atoms with Crippen LogP contribution in [0.1, 0.15) is 46.0 Å². The summed E-state index contributed by atoms with van der Waals surface area (Å²) in [5.41, 5.74) is 2.00. The Morgan fingerprint density at radius 1 is 1.23 bits per heavy atom. The molecule has 1 aliphatic rings. The van der Waals surface area contributed by atoms with Crippen molar-refractivity contribution in [2.75, 3.05) is 19.6 Å². The predicted octanol–water partition coefficient (Wildman–Crippen LogP) is 3.89. The fourth-order valence-electron chi connectivity index (χ4n) is 3.28. The van der Waals surface area contributed by atoms with E-state index < -0.39 is 0 Å². The maximum Gasteiger partial charge on any atom is 0.308 e. The van der Waals surface area contributed by atoms with Crippen LogP contribution in [0.2, 0.25) is 0 Å². The molecule has 0 bridgehead atoms. The van der Waals surface area contributed by atoms with Crippen LogP contribution in [-0.2, 0) is 13.0 Å². The highest BCUT2D eigenvalue weighted by Crippen LogP contribution is 2.20. The highest BCUT2D eigenvalue weighted by molar-refractivity contribution is 7.16. The van der Waals surface area contributed by atoms with Gasteiger partial charge in [0.15, 0.2) is 0 Å². The molecule has 0 N–H and O–H groups in total. The number of hydrogen-bond acceptors (Lipinski definition) is 3. The number of nitrogens with zero attached hydrogens (tertiary/aromatic N) is 2. The van der Waals surface area contributed by atoms with Crippen LogP contribution in [0.25, 0.3) is 10.2 Å². The van der Waals surface area contributed by atoms with Crippen LogP contribution in [0, 0.1) is 0 Å². The number of aromatic nitrogens is 1. The molecule has 0 aliphatic carbocycles. The molecule has 1 fully saturated rings. The maximum absolute atomic E-state index is 12.4. The van der Waals surface area contributed by atoms with Crippen LogP contribution in [0.5, 0.6) is 0 Å². The Balaban J connectivity index is 1.82. The fourth-order valence-corrected chi connectivity index (χ4v) is 4.23. The van der Waals surface area contributed by atoms with E-state index in [0.29, 0.717) is 12.6 Å². The first-order valence-corrected chi connectivity index (χ1v) is 9.36. The van der Waals surface area contributed by atoms with Gasteiger partial charge in [-0.05, 0) is 50.0 Å². The summed E-state index contributed by atoms with van der Waals surface area (Å²) in [6.07, 6.45) is 7.23. The molecule has 0 amide bonds. The van der Waals surface area contributed by atoms with E-state index in [9.17, 15) is 4.79 Å². The molecule has 2 heterocycles. The zero-order chi connectivity index (χ0) is 16.2. The summed E-state index contributed by atoms with van der Waals surface area (Å²) >= 11 is 1.29. The summed E-state index contributed by atoms with van der Waals surface area (Å²) in [5.74, 6) is 0. The van der Waals surface area contributed by atoms with E-state index in [1.807, 2.05) is 10.6 Å². The van der Waals surface area contributed by atoms with Gasteiger partial charge in [0.1, 0.15) is 0 Å². The monoisotopic (exact) mass is 320 g/mol. The molecule has 0 atom stereocenters. The molecule has 0 saturated carbocycles. The van der Waals surface area contributed by atoms with Gasteiger partial charge >= 0.3 is 4.87 Å². The van der Waals surface area contributed by atoms with Crippen molar-refractivity contribution in [2.24, 2.45) is 0 Å². The second-order valence-corrected chi connectivity index (χ2v) is 7.24. The Kier molecular flexibility index (Phi) is 4.88. The normalized spacial score (nSPS) is 17.6. The largest absolute Gasteiger partial charge is 0.308 e. The first-order valence-electron chi connectivity index (χ1n) is 9.04. The summed E-state index contributed by atoms with van der Waals surface area (Å²) in [5, 5.41) is 0. The van der Waals surface area contributed by atoms with Crippen LogP contribution in [0.4, 0.5) is 0 Å². The van der Waals surface area contributed by atoms with Gasteiger partial charge in [-0.15, -0.1) is 0 Å². The van der Waals surface area contributed by atoms with Crippen LogP contribution in [0.15, 0.2) is 23.0 Å². The lowest BCUT2D eigenvalue weighted by molar-refractivity contribution is 0.274. The Hall–Kier alpha value is -1.13. The topological polar surface area (TPSA) is 25.2 Å². The number of benzene rings is 1. The average Bonchev–Trinajstić information content (AvgIpc) is 2.69. The SMILES string of the molecule is [3H]c1cc(CCC)cc2sc(=O)n(CCN3CCCCCC3)c12. The van der Waals surface area contributed by atoms with E-state index in [0.717, 1.165) is 42.7 Å². The third kappa shape index (κ3) is 3.61. The van der Waals surface area contributed by atoms with E-state index in [4.69, 9.17) is 1.37 Å². The molecule has 3 nitrogen and oxygen atoms in total. The van der Waals surface area contributed by atoms with Gasteiger partial charge in [-0.2, -0.15) is 0 Å². The van der Waals surface area contributed by atoms with E-state index >= 15 is 0 Å². The molecule has 1 aromatic heterocycles. The number of hydrogen-bond donors (Lipinski definition) is 0. The van der Waals surface area contributed by atoms with Gasteiger partial charge in [-0.3, -0.25) is 9.36 Å². The second kappa shape index (κ2) is 7.42. The molecule has 4 heteroatoms. The molecule has 1 saturated heterocycles. The lowest BCUT2D eigenvalue weighted by atomic mass is 10.1. The zero-order valence-electron chi connectivity index (χ0n) is 14.4. The lowest BCUT2D eigenvalue weighted by Crippen LogP contribution is -2.30.